The molecular formula is C10H19BrN2O. The lowest BCUT2D eigenvalue weighted by atomic mass is 10.1. The predicted octanol–water partition coefficient (Wildman–Crippen LogP) is -2.88. The van der Waals surface area contributed by atoms with Crippen molar-refractivity contribution in [2.45, 2.75) is 13.3 Å². The average molecular weight is 263 g/mol. The van der Waals surface area contributed by atoms with Crippen LogP contribution in [-0.2, 0) is 4.79 Å². The fourth-order valence-electron chi connectivity index (χ4n) is 2.45. The first-order chi connectivity index (χ1) is 6.24. The molecule has 3 rings (SSSR count). The number of carbonyl (C=O) groups excluding carboxylic acids is 1. The van der Waals surface area contributed by atoms with Gasteiger partial charge in [-0.25, -0.2) is 0 Å². The summed E-state index contributed by atoms with van der Waals surface area (Å²) >= 11 is 0. The molecule has 3 aliphatic rings. The molecule has 0 unspecified atom stereocenters. The number of nitrogens with zero attached hydrogens (tertiary/aromatic N) is 2. The van der Waals surface area contributed by atoms with Gasteiger partial charge in [0.15, 0.2) is 5.78 Å². The molecule has 14 heavy (non-hydrogen) atoms. The van der Waals surface area contributed by atoms with Crippen molar-refractivity contribution in [2.24, 2.45) is 0 Å². The average Bonchev–Trinajstić information content (AvgIpc) is 2.20. The summed E-state index contributed by atoms with van der Waals surface area (Å²) in [6.07, 6.45) is 0.712. The third-order valence-electron chi connectivity index (χ3n) is 3.58. The molecule has 2 bridgehead atoms. The van der Waals surface area contributed by atoms with E-state index in [1.165, 1.54) is 39.3 Å². The second kappa shape index (κ2) is 4.73. The van der Waals surface area contributed by atoms with Gasteiger partial charge in [-0.1, -0.05) is 6.92 Å². The highest BCUT2D eigenvalue weighted by molar-refractivity contribution is 5.79. The van der Waals surface area contributed by atoms with Gasteiger partial charge in [-0.05, 0) is 0 Å². The van der Waals surface area contributed by atoms with Crippen molar-refractivity contribution in [3.05, 3.63) is 0 Å². The molecule has 0 aromatic carbocycles. The summed E-state index contributed by atoms with van der Waals surface area (Å²) in [7, 11) is 0. The van der Waals surface area contributed by atoms with Crippen LogP contribution in [0.15, 0.2) is 0 Å². The van der Waals surface area contributed by atoms with E-state index in [1.807, 2.05) is 6.92 Å². The van der Waals surface area contributed by atoms with E-state index >= 15 is 0 Å². The Morgan fingerprint density at radius 1 is 1.21 bits per heavy atom. The van der Waals surface area contributed by atoms with Crippen LogP contribution in [0.2, 0.25) is 0 Å². The summed E-state index contributed by atoms with van der Waals surface area (Å²) in [5.41, 5.74) is 0. The lowest BCUT2D eigenvalue weighted by molar-refractivity contribution is -0.933. The molecule has 0 radical (unpaired) electrons. The lowest BCUT2D eigenvalue weighted by Crippen LogP contribution is -3.00. The Labute approximate surface area is 96.4 Å². The summed E-state index contributed by atoms with van der Waals surface area (Å²) in [6, 6.07) is 0. The zero-order valence-electron chi connectivity index (χ0n) is 8.84. The van der Waals surface area contributed by atoms with Crippen molar-refractivity contribution >= 4 is 5.78 Å². The number of halogens is 1. The van der Waals surface area contributed by atoms with Gasteiger partial charge in [0.2, 0.25) is 0 Å². The molecule has 0 N–H and O–H groups in total. The van der Waals surface area contributed by atoms with Crippen LogP contribution in [0.4, 0.5) is 0 Å². The van der Waals surface area contributed by atoms with E-state index in [0.717, 1.165) is 11.0 Å². The van der Waals surface area contributed by atoms with Gasteiger partial charge in [0, 0.05) is 26.1 Å². The van der Waals surface area contributed by atoms with Crippen molar-refractivity contribution in [3.8, 4) is 0 Å². The summed E-state index contributed by atoms with van der Waals surface area (Å²) in [5.74, 6) is 0.440. The minimum absolute atomic E-state index is 0. The quantitative estimate of drug-likeness (QED) is 0.510. The highest BCUT2D eigenvalue weighted by Crippen LogP contribution is 2.19. The summed E-state index contributed by atoms with van der Waals surface area (Å²) in [5, 5.41) is 0. The Bertz CT molecular complexity index is 198. The van der Waals surface area contributed by atoms with Crippen molar-refractivity contribution in [1.29, 1.82) is 0 Å². The SMILES string of the molecule is CCC(=O)C[N+]12CCN(CC1)CC2.[Br-]. The van der Waals surface area contributed by atoms with E-state index in [4.69, 9.17) is 0 Å². The van der Waals surface area contributed by atoms with Crippen LogP contribution in [0.3, 0.4) is 0 Å². The van der Waals surface area contributed by atoms with Gasteiger partial charge in [-0.3, -0.25) is 9.69 Å². The Balaban J connectivity index is 0.000000980. The molecule has 0 saturated carbocycles. The molecule has 0 aromatic rings. The van der Waals surface area contributed by atoms with Crippen molar-refractivity contribution in [1.82, 2.24) is 4.90 Å². The van der Waals surface area contributed by atoms with Gasteiger partial charge in [0.1, 0.15) is 6.54 Å². The number of carbonyl (C=O) groups is 1. The summed E-state index contributed by atoms with van der Waals surface area (Å²) < 4.78 is 1.09. The minimum atomic E-state index is 0. The summed E-state index contributed by atoms with van der Waals surface area (Å²) in [6.45, 7) is 9.99. The van der Waals surface area contributed by atoms with E-state index in [1.54, 1.807) is 0 Å². The normalized spacial score (nSPS) is 35.1. The van der Waals surface area contributed by atoms with Gasteiger partial charge in [-0.2, -0.15) is 0 Å². The molecule has 0 spiro atoms. The van der Waals surface area contributed by atoms with E-state index in [9.17, 15) is 4.79 Å². The third-order valence-corrected chi connectivity index (χ3v) is 3.58. The first-order valence-corrected chi connectivity index (χ1v) is 5.33. The van der Waals surface area contributed by atoms with Gasteiger partial charge in [0.25, 0.3) is 0 Å². The molecule has 0 amide bonds. The molecule has 3 saturated heterocycles. The molecular weight excluding hydrogens is 244 g/mol. The largest absolute Gasteiger partial charge is 1.00 e. The van der Waals surface area contributed by atoms with Gasteiger partial charge in [-0.15, -0.1) is 0 Å². The smallest absolute Gasteiger partial charge is 0.186 e. The first kappa shape index (κ1) is 12.1. The minimum Gasteiger partial charge on any atom is -1.00 e. The van der Waals surface area contributed by atoms with E-state index in [2.05, 4.69) is 4.90 Å². The van der Waals surface area contributed by atoms with Crippen molar-refractivity contribution in [3.63, 3.8) is 0 Å². The molecule has 3 heterocycles. The van der Waals surface area contributed by atoms with Crippen molar-refractivity contribution < 1.29 is 26.3 Å². The lowest BCUT2D eigenvalue weighted by Gasteiger charge is -2.50. The highest BCUT2D eigenvalue weighted by Gasteiger charge is 2.39. The maximum atomic E-state index is 11.4. The number of hydrogen-bond donors (Lipinski definition) is 0. The second-order valence-corrected chi connectivity index (χ2v) is 4.40. The van der Waals surface area contributed by atoms with Crippen LogP contribution >= 0.6 is 0 Å². The van der Waals surface area contributed by atoms with Crippen LogP contribution in [0, 0.1) is 0 Å². The zero-order chi connectivity index (χ0) is 9.31. The van der Waals surface area contributed by atoms with E-state index < -0.39 is 0 Å². The van der Waals surface area contributed by atoms with Crippen LogP contribution < -0.4 is 17.0 Å². The van der Waals surface area contributed by atoms with E-state index in [0.29, 0.717) is 12.2 Å². The number of fused-ring (bicyclic) bond motifs is 3. The van der Waals surface area contributed by atoms with Crippen LogP contribution in [-0.4, -0.2) is 61.0 Å². The fourth-order valence-corrected chi connectivity index (χ4v) is 2.45. The Morgan fingerprint density at radius 2 is 1.71 bits per heavy atom. The van der Waals surface area contributed by atoms with Crippen LogP contribution in [0.1, 0.15) is 13.3 Å². The standard InChI is InChI=1S/C10H19N2O.BrH/c1-2-10(13)9-12-6-3-11(4-7-12)5-8-12;/h2-9H2,1H3;1H/q+1;/p-1. The summed E-state index contributed by atoms with van der Waals surface area (Å²) in [4.78, 5) is 13.9. The first-order valence-electron chi connectivity index (χ1n) is 5.33. The molecule has 0 aliphatic carbocycles. The number of piperazine rings is 3. The van der Waals surface area contributed by atoms with Crippen LogP contribution in [0.5, 0.6) is 0 Å². The topological polar surface area (TPSA) is 20.3 Å². The highest BCUT2D eigenvalue weighted by atomic mass is 79.9. The van der Waals surface area contributed by atoms with Gasteiger partial charge in [0.05, 0.1) is 19.6 Å². The fraction of sp³-hybridized carbons (Fsp3) is 0.900. The zero-order valence-corrected chi connectivity index (χ0v) is 10.4. The van der Waals surface area contributed by atoms with Gasteiger partial charge < -0.3 is 21.5 Å². The third kappa shape index (κ3) is 2.35. The Kier molecular flexibility index (Phi) is 4.10. The number of Topliss-reactive ketones (excluding diaryl/α,β-unsaturated/α-hetero) is 1. The maximum absolute atomic E-state index is 11.4. The Morgan fingerprint density at radius 3 is 2.14 bits per heavy atom. The van der Waals surface area contributed by atoms with Crippen molar-refractivity contribution in [2.75, 3.05) is 45.8 Å². The number of rotatable bonds is 3. The molecule has 82 valence electrons. The number of hydrogen-bond acceptors (Lipinski definition) is 2. The van der Waals surface area contributed by atoms with Crippen LogP contribution in [0.25, 0.3) is 0 Å². The monoisotopic (exact) mass is 262 g/mol. The molecule has 3 nitrogen and oxygen atoms in total. The predicted molar refractivity (Wildman–Crippen MR) is 51.5 cm³/mol. The second-order valence-electron chi connectivity index (χ2n) is 4.40. The molecule has 0 atom stereocenters. The molecule has 3 fully saturated rings. The van der Waals surface area contributed by atoms with E-state index in [-0.39, 0.29) is 17.0 Å². The van der Waals surface area contributed by atoms with Gasteiger partial charge >= 0.3 is 0 Å². The Hall–Kier alpha value is 0.0700. The number of ketones is 1. The number of quaternary nitrogens is 1. The molecule has 0 aromatic heterocycles. The molecule has 3 aliphatic heterocycles. The maximum Gasteiger partial charge on any atom is 0.186 e. The molecule has 4 heteroatoms.